The summed E-state index contributed by atoms with van der Waals surface area (Å²) in [6.07, 6.45) is 0. The number of amides is 1. The number of thiazole rings is 1. The van der Waals surface area contributed by atoms with E-state index in [9.17, 15) is 9.59 Å². The number of carbonyl (C=O) groups is 1. The monoisotopic (exact) mass is 423 g/mol. The summed E-state index contributed by atoms with van der Waals surface area (Å²) in [5, 5.41) is 0. The summed E-state index contributed by atoms with van der Waals surface area (Å²) >= 11 is 1.28. The molecule has 0 saturated carbocycles. The number of para-hydroxylation sites is 3. The summed E-state index contributed by atoms with van der Waals surface area (Å²) in [4.78, 5) is 33.9. The Morgan fingerprint density at radius 2 is 1.65 bits per heavy atom. The van der Waals surface area contributed by atoms with Crippen LogP contribution < -0.4 is 15.0 Å². The molecule has 0 radical (unpaired) electrons. The molecule has 0 atom stereocenters. The largest absolute Gasteiger partial charge is 0.303 e. The van der Waals surface area contributed by atoms with Crippen molar-refractivity contribution in [1.82, 2.24) is 9.38 Å². The van der Waals surface area contributed by atoms with Crippen LogP contribution in [0.1, 0.15) is 16.7 Å². The molecule has 0 bridgehead atoms. The molecule has 1 amide bonds. The van der Waals surface area contributed by atoms with Gasteiger partial charge in [-0.15, -0.1) is 0 Å². The van der Waals surface area contributed by atoms with E-state index in [1.165, 1.54) is 16.9 Å². The fourth-order valence-electron chi connectivity index (χ4n) is 4.20. The summed E-state index contributed by atoms with van der Waals surface area (Å²) in [6.45, 7) is 2.50. The number of hydrogen-bond donors (Lipinski definition) is 0. The molecule has 150 valence electrons. The van der Waals surface area contributed by atoms with Crippen molar-refractivity contribution >= 4 is 44.5 Å². The minimum Gasteiger partial charge on any atom is -0.303 e. The number of benzene rings is 3. The van der Waals surface area contributed by atoms with Crippen LogP contribution in [0.15, 0.2) is 77.6 Å². The lowest BCUT2D eigenvalue weighted by Crippen LogP contribution is -2.31. The molecule has 5 nitrogen and oxygen atoms in total. The molecule has 0 unspecified atom stereocenters. The number of aromatic nitrogens is 2. The quantitative estimate of drug-likeness (QED) is 0.435. The molecule has 0 fully saturated rings. The maximum Gasteiger partial charge on any atom is 0.275 e. The van der Waals surface area contributed by atoms with Gasteiger partial charge in [0.1, 0.15) is 4.53 Å². The number of rotatable bonds is 2. The first-order valence-electron chi connectivity index (χ1n) is 10.0. The molecule has 0 N–H and O–H groups in total. The van der Waals surface area contributed by atoms with Crippen LogP contribution in [0.2, 0.25) is 0 Å². The number of anilines is 1. The Kier molecular flexibility index (Phi) is 3.85. The van der Waals surface area contributed by atoms with Gasteiger partial charge in [0, 0.05) is 5.56 Å². The molecule has 3 heterocycles. The Morgan fingerprint density at radius 1 is 0.903 bits per heavy atom. The van der Waals surface area contributed by atoms with Crippen LogP contribution in [0.4, 0.5) is 5.69 Å². The van der Waals surface area contributed by atoms with Gasteiger partial charge < -0.3 is 4.90 Å². The standard InChI is InChI=1S/C25H17N3O2S/c1-15-10-12-16(13-11-15)14-27-19-8-4-2-6-17(19)21(23(27)29)22-24(30)28-20-9-5-3-7-18(20)26-25(28)31-22/h2-13H,14H2,1H3/b22-21-. The van der Waals surface area contributed by atoms with Crippen LogP contribution in [0.25, 0.3) is 21.6 Å². The van der Waals surface area contributed by atoms with Crippen LogP contribution in [0.3, 0.4) is 0 Å². The maximum atomic E-state index is 13.6. The van der Waals surface area contributed by atoms with E-state index in [4.69, 9.17) is 0 Å². The summed E-state index contributed by atoms with van der Waals surface area (Å²) in [6, 6.07) is 23.4. The van der Waals surface area contributed by atoms with E-state index >= 15 is 0 Å². The van der Waals surface area contributed by atoms with Crippen molar-refractivity contribution in [3.63, 3.8) is 0 Å². The molecule has 31 heavy (non-hydrogen) atoms. The third-order valence-corrected chi connectivity index (χ3v) is 6.77. The second-order valence-electron chi connectivity index (χ2n) is 7.72. The highest BCUT2D eigenvalue weighted by Gasteiger charge is 2.34. The van der Waals surface area contributed by atoms with E-state index < -0.39 is 0 Å². The van der Waals surface area contributed by atoms with Gasteiger partial charge in [-0.2, -0.15) is 0 Å². The Balaban J connectivity index is 1.58. The summed E-state index contributed by atoms with van der Waals surface area (Å²) < 4.78 is 2.05. The molecule has 2 aromatic heterocycles. The lowest BCUT2D eigenvalue weighted by Gasteiger charge is -2.17. The number of aryl methyl sites for hydroxylation is 1. The molecule has 0 spiro atoms. The predicted molar refractivity (Wildman–Crippen MR) is 123 cm³/mol. The average Bonchev–Trinajstić information content (AvgIpc) is 3.39. The highest BCUT2D eigenvalue weighted by atomic mass is 32.1. The lowest BCUT2D eigenvalue weighted by molar-refractivity contribution is -0.113. The van der Waals surface area contributed by atoms with Crippen molar-refractivity contribution in [3.8, 4) is 0 Å². The first kappa shape index (κ1) is 18.0. The predicted octanol–water partition coefficient (Wildman–Crippen LogP) is 3.68. The van der Waals surface area contributed by atoms with Gasteiger partial charge >= 0.3 is 0 Å². The van der Waals surface area contributed by atoms with Crippen molar-refractivity contribution < 1.29 is 4.79 Å². The van der Waals surface area contributed by atoms with E-state index in [0.717, 1.165) is 27.8 Å². The Bertz CT molecular complexity index is 1610. The van der Waals surface area contributed by atoms with Crippen LogP contribution in [0.5, 0.6) is 0 Å². The summed E-state index contributed by atoms with van der Waals surface area (Å²) in [7, 11) is 0. The normalized spacial score (nSPS) is 15.3. The minimum absolute atomic E-state index is 0.146. The average molecular weight is 423 g/mol. The summed E-state index contributed by atoms with van der Waals surface area (Å²) in [5.74, 6) is -0.146. The van der Waals surface area contributed by atoms with Crippen LogP contribution in [-0.2, 0) is 11.3 Å². The number of fused-ring (bicyclic) bond motifs is 4. The molecule has 0 aliphatic carbocycles. The van der Waals surface area contributed by atoms with Gasteiger partial charge in [0.15, 0.2) is 4.96 Å². The highest BCUT2D eigenvalue weighted by molar-refractivity contribution is 7.15. The Hall–Kier alpha value is -3.77. The van der Waals surface area contributed by atoms with E-state index in [2.05, 4.69) is 4.98 Å². The van der Waals surface area contributed by atoms with Gasteiger partial charge in [-0.1, -0.05) is 71.5 Å². The van der Waals surface area contributed by atoms with Gasteiger partial charge in [-0.3, -0.25) is 9.59 Å². The van der Waals surface area contributed by atoms with Crippen LogP contribution in [0, 0.1) is 6.92 Å². The second kappa shape index (κ2) is 6.62. The van der Waals surface area contributed by atoms with Crippen molar-refractivity contribution in [2.75, 3.05) is 4.90 Å². The third-order valence-electron chi connectivity index (χ3n) is 5.73. The van der Waals surface area contributed by atoms with Crippen molar-refractivity contribution in [3.05, 3.63) is 104 Å². The van der Waals surface area contributed by atoms with Gasteiger partial charge in [0.25, 0.3) is 11.5 Å². The molecule has 5 aromatic rings. The number of hydrogen-bond acceptors (Lipinski definition) is 4. The zero-order valence-electron chi connectivity index (χ0n) is 16.7. The lowest BCUT2D eigenvalue weighted by atomic mass is 10.1. The molecule has 3 aromatic carbocycles. The van der Waals surface area contributed by atoms with E-state index in [-0.39, 0.29) is 11.5 Å². The zero-order chi connectivity index (χ0) is 21.1. The summed E-state index contributed by atoms with van der Waals surface area (Å²) in [5.41, 5.74) is 5.67. The van der Waals surface area contributed by atoms with E-state index in [0.29, 0.717) is 21.6 Å². The molecular weight excluding hydrogens is 406 g/mol. The van der Waals surface area contributed by atoms with Crippen molar-refractivity contribution in [1.29, 1.82) is 0 Å². The van der Waals surface area contributed by atoms with Gasteiger partial charge in [-0.25, -0.2) is 9.38 Å². The van der Waals surface area contributed by atoms with Gasteiger partial charge in [0.2, 0.25) is 0 Å². The van der Waals surface area contributed by atoms with Crippen molar-refractivity contribution in [2.45, 2.75) is 13.5 Å². The fourth-order valence-corrected chi connectivity index (χ4v) is 5.27. The molecule has 1 aliphatic heterocycles. The second-order valence-corrected chi connectivity index (χ2v) is 8.70. The molecule has 6 heteroatoms. The zero-order valence-corrected chi connectivity index (χ0v) is 17.5. The van der Waals surface area contributed by atoms with Gasteiger partial charge in [0.05, 0.1) is 28.8 Å². The Labute approximate surface area is 181 Å². The minimum atomic E-state index is -0.191. The van der Waals surface area contributed by atoms with Crippen molar-refractivity contribution in [2.24, 2.45) is 0 Å². The van der Waals surface area contributed by atoms with E-state index in [1.807, 2.05) is 79.7 Å². The molecule has 6 rings (SSSR count). The smallest absolute Gasteiger partial charge is 0.275 e. The number of imidazole rings is 1. The fraction of sp³-hybridized carbons (Fsp3) is 0.0800. The first-order valence-corrected chi connectivity index (χ1v) is 10.8. The number of carbonyl (C=O) groups excluding carboxylic acids is 1. The molecular formula is C25H17N3O2S. The Morgan fingerprint density at radius 3 is 2.48 bits per heavy atom. The first-order chi connectivity index (χ1) is 15.1. The topological polar surface area (TPSA) is 54.7 Å². The molecule has 1 aliphatic rings. The third kappa shape index (κ3) is 2.65. The van der Waals surface area contributed by atoms with E-state index in [1.54, 1.807) is 9.30 Å². The van der Waals surface area contributed by atoms with Crippen LogP contribution in [-0.4, -0.2) is 15.3 Å². The SMILES string of the molecule is Cc1ccc(CN2C(=O)/C(=c3\sc4nc5ccccc5n4c3=O)c3ccccc32)cc1. The maximum absolute atomic E-state index is 13.6. The number of nitrogens with zero attached hydrogens (tertiary/aromatic N) is 3. The van der Waals surface area contributed by atoms with Gasteiger partial charge in [-0.05, 0) is 30.7 Å². The van der Waals surface area contributed by atoms with Crippen LogP contribution >= 0.6 is 11.3 Å². The highest BCUT2D eigenvalue weighted by Crippen LogP contribution is 2.36. The molecule has 0 saturated heterocycles.